The molecule has 0 aromatic carbocycles. The van der Waals surface area contributed by atoms with E-state index in [1.54, 1.807) is 0 Å². The molecule has 1 rings (SSSR count). The van der Waals surface area contributed by atoms with Gasteiger partial charge in [0.15, 0.2) is 6.10 Å². The van der Waals surface area contributed by atoms with Gasteiger partial charge in [-0.15, -0.1) is 0 Å². The number of hydrogen-bond acceptors (Lipinski definition) is 5. The summed E-state index contributed by atoms with van der Waals surface area (Å²) in [6.07, 6.45) is -1.03. The Labute approximate surface area is 62.5 Å². The maximum atomic E-state index is 10.5. The van der Waals surface area contributed by atoms with E-state index in [4.69, 9.17) is 15.3 Å². The van der Waals surface area contributed by atoms with E-state index >= 15 is 0 Å². The Kier molecular flexibility index (Phi) is 2.11. The van der Waals surface area contributed by atoms with Gasteiger partial charge in [0.05, 0.1) is 6.61 Å². The van der Waals surface area contributed by atoms with Crippen molar-refractivity contribution in [2.75, 3.05) is 6.61 Å². The lowest BCUT2D eigenvalue weighted by Gasteiger charge is -2.11. The zero-order valence-corrected chi connectivity index (χ0v) is 5.60. The van der Waals surface area contributed by atoms with Crippen LogP contribution in [0.1, 0.15) is 0 Å². The van der Waals surface area contributed by atoms with Gasteiger partial charge in [0.2, 0.25) is 5.76 Å². The Balaban J connectivity index is 2.60. The van der Waals surface area contributed by atoms with Crippen LogP contribution in [0.15, 0.2) is 11.8 Å². The average Bonchev–Trinajstić information content (AvgIpc) is 2.31. The van der Waals surface area contributed by atoms with Gasteiger partial charge < -0.3 is 20.1 Å². The Morgan fingerprint density at radius 3 is 2.73 bits per heavy atom. The van der Waals surface area contributed by atoms with Crippen LogP contribution in [-0.2, 0) is 9.53 Å². The van der Waals surface area contributed by atoms with E-state index in [2.05, 4.69) is 4.74 Å². The average molecular weight is 160 g/mol. The van der Waals surface area contributed by atoms with Gasteiger partial charge in [0.25, 0.3) is 0 Å². The lowest BCUT2D eigenvalue weighted by molar-refractivity contribution is -0.146. The first-order chi connectivity index (χ1) is 5.15. The van der Waals surface area contributed by atoms with Crippen molar-refractivity contribution in [3.63, 3.8) is 0 Å². The molecule has 0 fully saturated rings. The van der Waals surface area contributed by atoms with Gasteiger partial charge >= 0.3 is 5.97 Å². The van der Waals surface area contributed by atoms with E-state index in [1.807, 2.05) is 0 Å². The fraction of sp³-hybridized carbons (Fsp3) is 0.500. The zero-order chi connectivity index (χ0) is 8.43. The number of carbonyl (C=O) groups is 1. The van der Waals surface area contributed by atoms with Crippen molar-refractivity contribution >= 4 is 5.97 Å². The quantitative estimate of drug-likeness (QED) is 0.437. The molecule has 1 aliphatic rings. The minimum absolute atomic E-state index is 0.512. The van der Waals surface area contributed by atoms with E-state index in [-0.39, 0.29) is 0 Å². The van der Waals surface area contributed by atoms with Gasteiger partial charge in [0.1, 0.15) is 6.10 Å². The maximum Gasteiger partial charge on any atom is 0.373 e. The topological polar surface area (TPSA) is 87.0 Å². The number of hydrogen-bond donors (Lipinski definition) is 3. The molecule has 0 saturated carbocycles. The van der Waals surface area contributed by atoms with Crippen molar-refractivity contribution in [3.8, 4) is 0 Å². The van der Waals surface area contributed by atoms with Crippen LogP contribution in [0.4, 0.5) is 0 Å². The molecule has 0 amide bonds. The van der Waals surface area contributed by atoms with Crippen LogP contribution in [-0.4, -0.2) is 40.1 Å². The predicted octanol–water partition coefficient (Wildman–Crippen LogP) is -1.29. The summed E-state index contributed by atoms with van der Waals surface area (Å²) >= 11 is 0. The van der Waals surface area contributed by atoms with Crippen LogP contribution in [0.2, 0.25) is 0 Å². The molecule has 0 aromatic heterocycles. The summed E-state index contributed by atoms with van der Waals surface area (Å²) < 4.78 is 4.43. The number of cyclic esters (lactones) is 1. The molecule has 2 atom stereocenters. The summed E-state index contributed by atoms with van der Waals surface area (Å²) in [6, 6.07) is 0. The molecule has 0 aliphatic carbocycles. The number of esters is 1. The smallest absolute Gasteiger partial charge is 0.373 e. The third-order valence-corrected chi connectivity index (χ3v) is 1.34. The molecule has 1 aliphatic heterocycles. The second-order valence-electron chi connectivity index (χ2n) is 2.17. The molecule has 1 heterocycles. The van der Waals surface area contributed by atoms with E-state index in [0.717, 1.165) is 6.08 Å². The van der Waals surface area contributed by atoms with Crippen LogP contribution in [0, 0.1) is 0 Å². The Morgan fingerprint density at radius 2 is 2.36 bits per heavy atom. The molecule has 2 unspecified atom stereocenters. The molecule has 5 nitrogen and oxygen atoms in total. The molecule has 0 spiro atoms. The van der Waals surface area contributed by atoms with Crippen LogP contribution in [0.3, 0.4) is 0 Å². The number of rotatable bonds is 2. The van der Waals surface area contributed by atoms with Gasteiger partial charge in [0, 0.05) is 6.08 Å². The first-order valence-electron chi connectivity index (χ1n) is 3.06. The Bertz CT molecular complexity index is 197. The molecule has 0 aromatic rings. The molecule has 0 saturated heterocycles. The van der Waals surface area contributed by atoms with Crippen molar-refractivity contribution in [2.24, 2.45) is 0 Å². The van der Waals surface area contributed by atoms with Crippen LogP contribution in [0.5, 0.6) is 0 Å². The van der Waals surface area contributed by atoms with E-state index in [0.29, 0.717) is 0 Å². The van der Waals surface area contributed by atoms with Crippen LogP contribution >= 0.6 is 0 Å². The van der Waals surface area contributed by atoms with Crippen molar-refractivity contribution in [1.82, 2.24) is 0 Å². The molecule has 0 bridgehead atoms. The first-order valence-corrected chi connectivity index (χ1v) is 3.06. The molecule has 62 valence electrons. The molecular formula is C6H8O5. The van der Waals surface area contributed by atoms with E-state index < -0.39 is 30.5 Å². The van der Waals surface area contributed by atoms with Crippen LogP contribution in [0.25, 0.3) is 0 Å². The second-order valence-corrected chi connectivity index (χ2v) is 2.17. The lowest BCUT2D eigenvalue weighted by Crippen LogP contribution is -2.28. The fourth-order valence-corrected chi connectivity index (χ4v) is 0.735. The predicted molar refractivity (Wildman–Crippen MR) is 33.7 cm³/mol. The number of aliphatic hydroxyl groups is 3. The zero-order valence-electron chi connectivity index (χ0n) is 5.60. The highest BCUT2D eigenvalue weighted by molar-refractivity contribution is 5.88. The van der Waals surface area contributed by atoms with Gasteiger partial charge in [-0.3, -0.25) is 0 Å². The normalized spacial score (nSPS) is 26.2. The van der Waals surface area contributed by atoms with Gasteiger partial charge in [-0.2, -0.15) is 0 Å². The van der Waals surface area contributed by atoms with Crippen molar-refractivity contribution in [1.29, 1.82) is 0 Å². The summed E-state index contributed by atoms with van der Waals surface area (Å²) in [5, 5.41) is 26.0. The molecule has 3 N–H and O–H groups in total. The van der Waals surface area contributed by atoms with Crippen molar-refractivity contribution in [2.45, 2.75) is 12.2 Å². The second kappa shape index (κ2) is 2.89. The highest BCUT2D eigenvalue weighted by atomic mass is 16.6. The van der Waals surface area contributed by atoms with Gasteiger partial charge in [-0.25, -0.2) is 4.79 Å². The number of ether oxygens (including phenoxy) is 1. The Hall–Kier alpha value is -1.07. The largest absolute Gasteiger partial charge is 0.502 e. The van der Waals surface area contributed by atoms with E-state index in [9.17, 15) is 4.79 Å². The summed E-state index contributed by atoms with van der Waals surface area (Å²) in [5.74, 6) is -1.40. The van der Waals surface area contributed by atoms with Crippen LogP contribution < -0.4 is 0 Å². The third-order valence-electron chi connectivity index (χ3n) is 1.34. The maximum absolute atomic E-state index is 10.5. The third kappa shape index (κ3) is 1.50. The van der Waals surface area contributed by atoms with Crippen molar-refractivity contribution < 1.29 is 24.9 Å². The fourth-order valence-electron chi connectivity index (χ4n) is 0.735. The van der Waals surface area contributed by atoms with Gasteiger partial charge in [-0.05, 0) is 0 Å². The molecular weight excluding hydrogens is 152 g/mol. The Morgan fingerprint density at radius 1 is 1.73 bits per heavy atom. The summed E-state index contributed by atoms with van der Waals surface area (Å²) in [6.45, 7) is -0.512. The van der Waals surface area contributed by atoms with E-state index in [1.165, 1.54) is 0 Å². The standard InChI is InChI=1S/C6H8O5/c7-2-4(9)5-1-3(8)6(10)11-5/h1,4-5,7-9H,2H2. The van der Waals surface area contributed by atoms with Gasteiger partial charge in [-0.1, -0.05) is 0 Å². The monoisotopic (exact) mass is 160 g/mol. The number of aliphatic hydroxyl groups excluding tert-OH is 3. The highest BCUT2D eigenvalue weighted by Gasteiger charge is 2.29. The molecule has 5 heteroatoms. The number of carbonyl (C=O) groups excluding carboxylic acids is 1. The minimum Gasteiger partial charge on any atom is -0.502 e. The van der Waals surface area contributed by atoms with Crippen molar-refractivity contribution in [3.05, 3.63) is 11.8 Å². The summed E-state index contributed by atoms with van der Waals surface area (Å²) in [4.78, 5) is 10.5. The SMILES string of the molecule is O=C1OC(C(O)CO)C=C1O. The molecule has 11 heavy (non-hydrogen) atoms. The minimum atomic E-state index is -1.16. The first kappa shape index (κ1) is 8.03. The summed E-state index contributed by atoms with van der Waals surface area (Å²) in [5.41, 5.74) is 0. The highest BCUT2D eigenvalue weighted by Crippen LogP contribution is 2.13. The lowest BCUT2D eigenvalue weighted by atomic mass is 10.2. The summed E-state index contributed by atoms with van der Waals surface area (Å²) in [7, 11) is 0. The molecule has 0 radical (unpaired) electrons.